The van der Waals surface area contributed by atoms with Gasteiger partial charge in [-0.3, -0.25) is 0 Å². The molecule has 0 aliphatic heterocycles. The van der Waals surface area contributed by atoms with Gasteiger partial charge in [-0.15, -0.1) is 11.3 Å². The van der Waals surface area contributed by atoms with Crippen LogP contribution in [0.25, 0.3) is 10.6 Å². The summed E-state index contributed by atoms with van der Waals surface area (Å²) in [5.74, 6) is 0. The largest absolute Gasteiger partial charge is 0.396 e. The molecule has 1 heterocycles. The summed E-state index contributed by atoms with van der Waals surface area (Å²) in [6.07, 6.45) is 0.557. The van der Waals surface area contributed by atoms with Crippen LogP contribution in [-0.2, 0) is 6.42 Å². The zero-order valence-corrected chi connectivity index (χ0v) is 11.4. The summed E-state index contributed by atoms with van der Waals surface area (Å²) in [5.41, 5.74) is 1.81. The zero-order valence-electron chi connectivity index (χ0n) is 8.28. The van der Waals surface area contributed by atoms with Crippen LogP contribution in [0.2, 0.25) is 5.02 Å². The number of hydrogen-bond donors (Lipinski definition) is 1. The predicted molar refractivity (Wildman–Crippen MR) is 71.0 cm³/mol. The van der Waals surface area contributed by atoms with Crippen LogP contribution in [0.3, 0.4) is 0 Å². The standard InChI is InChI=1S/C11H9BrClNOS/c12-10-9(5-6-15)14-11(16-10)7-3-1-2-4-8(7)13/h1-4,15H,5-6H2. The minimum atomic E-state index is 0.101. The average Bonchev–Trinajstić information content (AvgIpc) is 2.61. The molecule has 84 valence electrons. The molecule has 0 amide bonds. The Labute approximate surface area is 111 Å². The molecule has 0 radical (unpaired) electrons. The van der Waals surface area contributed by atoms with Crippen molar-refractivity contribution in [3.63, 3.8) is 0 Å². The van der Waals surface area contributed by atoms with E-state index >= 15 is 0 Å². The van der Waals surface area contributed by atoms with Crippen molar-refractivity contribution < 1.29 is 5.11 Å². The number of benzene rings is 1. The van der Waals surface area contributed by atoms with E-state index in [0.29, 0.717) is 11.4 Å². The van der Waals surface area contributed by atoms with Crippen molar-refractivity contribution in [1.29, 1.82) is 0 Å². The Bertz CT molecular complexity index is 500. The number of halogens is 2. The van der Waals surface area contributed by atoms with E-state index in [1.807, 2.05) is 24.3 Å². The van der Waals surface area contributed by atoms with E-state index < -0.39 is 0 Å². The van der Waals surface area contributed by atoms with Crippen molar-refractivity contribution in [3.05, 3.63) is 38.8 Å². The topological polar surface area (TPSA) is 33.1 Å². The molecule has 1 aromatic heterocycles. The first kappa shape index (κ1) is 12.0. The first-order valence-electron chi connectivity index (χ1n) is 4.73. The second kappa shape index (κ2) is 5.27. The van der Waals surface area contributed by atoms with Gasteiger partial charge in [0.05, 0.1) is 14.5 Å². The lowest BCUT2D eigenvalue weighted by Gasteiger charge is -1.98. The molecule has 5 heteroatoms. The molecule has 1 aromatic carbocycles. The Morgan fingerprint density at radius 3 is 2.81 bits per heavy atom. The molecule has 0 bridgehead atoms. The highest BCUT2D eigenvalue weighted by atomic mass is 79.9. The van der Waals surface area contributed by atoms with Gasteiger partial charge in [-0.1, -0.05) is 29.8 Å². The maximum atomic E-state index is 8.90. The van der Waals surface area contributed by atoms with Gasteiger partial charge in [0.1, 0.15) is 5.01 Å². The second-order valence-electron chi connectivity index (χ2n) is 3.19. The quantitative estimate of drug-likeness (QED) is 0.934. The molecule has 2 rings (SSSR count). The molecular formula is C11H9BrClNOS. The van der Waals surface area contributed by atoms with Gasteiger partial charge in [0.2, 0.25) is 0 Å². The minimum Gasteiger partial charge on any atom is -0.396 e. The number of hydrogen-bond acceptors (Lipinski definition) is 3. The zero-order chi connectivity index (χ0) is 11.5. The van der Waals surface area contributed by atoms with Crippen LogP contribution in [0.5, 0.6) is 0 Å². The highest BCUT2D eigenvalue weighted by Crippen LogP contribution is 2.35. The van der Waals surface area contributed by atoms with Crippen molar-refractivity contribution in [3.8, 4) is 10.6 Å². The molecule has 0 atom stereocenters. The summed E-state index contributed by atoms with van der Waals surface area (Å²) in [6.45, 7) is 0.101. The number of aliphatic hydroxyl groups is 1. The molecule has 2 nitrogen and oxygen atoms in total. The van der Waals surface area contributed by atoms with Gasteiger partial charge in [0.25, 0.3) is 0 Å². The fourth-order valence-corrected chi connectivity index (χ4v) is 3.25. The molecule has 0 saturated carbocycles. The molecular weight excluding hydrogens is 310 g/mol. The Morgan fingerprint density at radius 1 is 1.38 bits per heavy atom. The molecule has 0 unspecified atom stereocenters. The third-order valence-corrected chi connectivity index (χ3v) is 4.29. The fraction of sp³-hybridized carbons (Fsp3) is 0.182. The number of thiazole rings is 1. The first-order valence-corrected chi connectivity index (χ1v) is 6.72. The van der Waals surface area contributed by atoms with Crippen molar-refractivity contribution in [2.75, 3.05) is 6.61 Å². The monoisotopic (exact) mass is 317 g/mol. The summed E-state index contributed by atoms with van der Waals surface area (Å²) < 4.78 is 0.955. The third kappa shape index (κ3) is 2.46. The van der Waals surface area contributed by atoms with Crippen LogP contribution in [0.4, 0.5) is 0 Å². The third-order valence-electron chi connectivity index (χ3n) is 2.10. The lowest BCUT2D eigenvalue weighted by molar-refractivity contribution is 0.298. The molecule has 0 saturated heterocycles. The van der Waals surface area contributed by atoms with Crippen LogP contribution in [0.1, 0.15) is 5.69 Å². The predicted octanol–water partition coefficient (Wildman–Crippen LogP) is 3.76. The van der Waals surface area contributed by atoms with E-state index in [-0.39, 0.29) is 6.61 Å². The summed E-state index contributed by atoms with van der Waals surface area (Å²) in [5, 5.41) is 10.5. The summed E-state index contributed by atoms with van der Waals surface area (Å²) in [6, 6.07) is 7.61. The van der Waals surface area contributed by atoms with Crippen LogP contribution in [0, 0.1) is 0 Å². The molecule has 0 aliphatic rings. The van der Waals surface area contributed by atoms with Crippen LogP contribution in [-0.4, -0.2) is 16.7 Å². The number of aliphatic hydroxyl groups excluding tert-OH is 1. The lowest BCUT2D eigenvalue weighted by Crippen LogP contribution is -1.91. The second-order valence-corrected chi connectivity index (χ2v) is 5.92. The van der Waals surface area contributed by atoms with E-state index in [1.54, 1.807) is 0 Å². The number of nitrogens with zero attached hydrogens (tertiary/aromatic N) is 1. The maximum Gasteiger partial charge on any atom is 0.126 e. The van der Waals surface area contributed by atoms with Gasteiger partial charge in [-0.2, -0.15) is 0 Å². The number of aromatic nitrogens is 1. The van der Waals surface area contributed by atoms with Gasteiger partial charge in [-0.25, -0.2) is 4.98 Å². The normalized spacial score (nSPS) is 10.7. The first-order chi connectivity index (χ1) is 7.72. The Balaban J connectivity index is 2.42. The fourth-order valence-electron chi connectivity index (χ4n) is 1.34. The van der Waals surface area contributed by atoms with Gasteiger partial charge < -0.3 is 5.11 Å². The average molecular weight is 319 g/mol. The highest BCUT2D eigenvalue weighted by molar-refractivity contribution is 9.11. The minimum absolute atomic E-state index is 0.101. The Hall–Kier alpha value is -0.420. The Morgan fingerprint density at radius 2 is 2.12 bits per heavy atom. The van der Waals surface area contributed by atoms with E-state index in [4.69, 9.17) is 16.7 Å². The van der Waals surface area contributed by atoms with Crippen LogP contribution < -0.4 is 0 Å². The maximum absolute atomic E-state index is 8.90. The molecule has 0 fully saturated rings. The molecule has 16 heavy (non-hydrogen) atoms. The van der Waals surface area contributed by atoms with Crippen molar-refractivity contribution in [1.82, 2.24) is 4.98 Å². The van der Waals surface area contributed by atoms with Crippen molar-refractivity contribution in [2.24, 2.45) is 0 Å². The SMILES string of the molecule is OCCc1nc(-c2ccccc2Cl)sc1Br. The van der Waals surface area contributed by atoms with Gasteiger partial charge in [0, 0.05) is 18.6 Å². The van der Waals surface area contributed by atoms with Crippen molar-refractivity contribution >= 4 is 38.9 Å². The highest BCUT2D eigenvalue weighted by Gasteiger charge is 2.11. The van der Waals surface area contributed by atoms with Gasteiger partial charge >= 0.3 is 0 Å². The van der Waals surface area contributed by atoms with E-state index in [2.05, 4.69) is 20.9 Å². The van der Waals surface area contributed by atoms with Gasteiger partial charge in [0.15, 0.2) is 0 Å². The van der Waals surface area contributed by atoms with Crippen LogP contribution >= 0.6 is 38.9 Å². The summed E-state index contributed by atoms with van der Waals surface area (Å²) >= 11 is 11.1. The van der Waals surface area contributed by atoms with E-state index in [0.717, 1.165) is 20.1 Å². The van der Waals surface area contributed by atoms with E-state index in [9.17, 15) is 0 Å². The van der Waals surface area contributed by atoms with Crippen LogP contribution in [0.15, 0.2) is 28.1 Å². The molecule has 1 N–H and O–H groups in total. The molecule has 0 spiro atoms. The smallest absolute Gasteiger partial charge is 0.126 e. The molecule has 2 aromatic rings. The van der Waals surface area contributed by atoms with E-state index in [1.165, 1.54) is 11.3 Å². The van der Waals surface area contributed by atoms with Gasteiger partial charge in [-0.05, 0) is 22.0 Å². The number of rotatable bonds is 3. The molecule has 0 aliphatic carbocycles. The summed E-state index contributed by atoms with van der Waals surface area (Å²) in [4.78, 5) is 4.46. The van der Waals surface area contributed by atoms with Crippen molar-refractivity contribution in [2.45, 2.75) is 6.42 Å². The lowest BCUT2D eigenvalue weighted by atomic mass is 10.2. The Kier molecular flexibility index (Phi) is 3.97. The summed E-state index contributed by atoms with van der Waals surface area (Å²) in [7, 11) is 0.